The molecule has 6 nitrogen and oxygen atoms in total. The van der Waals surface area contributed by atoms with Crippen molar-refractivity contribution in [3.05, 3.63) is 22.7 Å². The molecule has 0 spiro atoms. The molecule has 0 radical (unpaired) electrons. The number of ether oxygens (including phenoxy) is 2. The first kappa shape index (κ1) is 18.2. The van der Waals surface area contributed by atoms with E-state index in [0.29, 0.717) is 16.5 Å². The molecule has 0 bridgehead atoms. The fraction of sp³-hybridized carbons (Fsp3) is 0.556. The van der Waals surface area contributed by atoms with Gasteiger partial charge in [-0.1, -0.05) is 11.6 Å². The van der Waals surface area contributed by atoms with E-state index < -0.39 is 0 Å². The molecule has 2 aliphatic rings. The van der Waals surface area contributed by atoms with Crippen molar-refractivity contribution in [2.45, 2.75) is 45.4 Å². The van der Waals surface area contributed by atoms with Crippen LogP contribution in [0.5, 0.6) is 5.75 Å². The van der Waals surface area contributed by atoms with Crippen molar-refractivity contribution in [1.29, 1.82) is 0 Å². The lowest BCUT2D eigenvalue weighted by Gasteiger charge is -2.34. The molecule has 0 saturated carbocycles. The largest absolute Gasteiger partial charge is 0.495 e. The number of anilines is 1. The average molecular weight is 368 g/mol. The second-order valence-corrected chi connectivity index (χ2v) is 7.33. The number of hydrogen-bond acceptors (Lipinski definition) is 4. The number of carbonyl (C=O) groups is 2. The maximum absolute atomic E-state index is 13.0. The topological polar surface area (TPSA) is 60.3 Å². The van der Waals surface area contributed by atoms with Gasteiger partial charge in [-0.25, -0.2) is 4.90 Å². The molecule has 1 aromatic rings. The number of nitrogens with zero attached hydrogens (tertiary/aromatic N) is 1. The van der Waals surface area contributed by atoms with Crippen molar-refractivity contribution >= 4 is 29.1 Å². The monoisotopic (exact) mass is 367 g/mol. The average Bonchev–Trinajstić information content (AvgIpc) is 2.83. The molecule has 2 saturated heterocycles. The number of quaternary nitrogens is 1. The van der Waals surface area contributed by atoms with Crippen LogP contribution >= 0.6 is 11.6 Å². The third-order valence-electron chi connectivity index (χ3n) is 4.90. The van der Waals surface area contributed by atoms with Gasteiger partial charge in [0.05, 0.1) is 19.2 Å². The zero-order valence-corrected chi connectivity index (χ0v) is 15.7. The Labute approximate surface area is 152 Å². The summed E-state index contributed by atoms with van der Waals surface area (Å²) in [5, 5.41) is 0.540. The van der Waals surface area contributed by atoms with Crippen LogP contribution in [0.25, 0.3) is 0 Å². The molecule has 1 aromatic carbocycles. The van der Waals surface area contributed by atoms with Crippen molar-refractivity contribution in [2.75, 3.05) is 25.1 Å². The molecule has 0 aliphatic carbocycles. The van der Waals surface area contributed by atoms with Gasteiger partial charge in [-0.2, -0.15) is 0 Å². The maximum Gasteiger partial charge on any atom is 0.292 e. The molecule has 7 heteroatoms. The van der Waals surface area contributed by atoms with E-state index in [-0.39, 0.29) is 36.5 Å². The Morgan fingerprint density at radius 3 is 2.48 bits per heavy atom. The second kappa shape index (κ2) is 6.94. The molecule has 2 fully saturated rings. The lowest BCUT2D eigenvalue weighted by molar-refractivity contribution is -0.929. The molecule has 1 N–H and O–H groups in total. The second-order valence-electron chi connectivity index (χ2n) is 6.92. The zero-order chi connectivity index (χ0) is 18.3. The van der Waals surface area contributed by atoms with Crippen molar-refractivity contribution in [3.63, 3.8) is 0 Å². The number of hydrogen-bond donors (Lipinski definition) is 1. The van der Waals surface area contributed by atoms with Gasteiger partial charge in [0, 0.05) is 11.1 Å². The van der Waals surface area contributed by atoms with E-state index in [2.05, 4.69) is 0 Å². The molecule has 25 heavy (non-hydrogen) atoms. The minimum atomic E-state index is -0.373. The van der Waals surface area contributed by atoms with Crippen molar-refractivity contribution < 1.29 is 24.0 Å². The summed E-state index contributed by atoms with van der Waals surface area (Å²) in [6, 6.07) is 3.01. The summed E-state index contributed by atoms with van der Waals surface area (Å²) in [6.07, 6.45) is 0.351. The Kier molecular flexibility index (Phi) is 5.04. The summed E-state index contributed by atoms with van der Waals surface area (Å²) in [6.45, 7) is 7.28. The van der Waals surface area contributed by atoms with E-state index >= 15 is 0 Å². The van der Waals surface area contributed by atoms with Gasteiger partial charge in [-0.15, -0.1) is 0 Å². The Morgan fingerprint density at radius 1 is 1.24 bits per heavy atom. The first-order valence-corrected chi connectivity index (χ1v) is 8.90. The normalized spacial score (nSPS) is 30.0. The highest BCUT2D eigenvalue weighted by molar-refractivity contribution is 6.32. The van der Waals surface area contributed by atoms with Gasteiger partial charge in [0.25, 0.3) is 5.91 Å². The van der Waals surface area contributed by atoms with Crippen LogP contribution in [0.2, 0.25) is 5.02 Å². The van der Waals surface area contributed by atoms with Crippen LogP contribution < -0.4 is 14.5 Å². The molecule has 3 rings (SSSR count). The Bertz CT molecular complexity index is 699. The lowest BCUT2D eigenvalue weighted by atomic mass is 10.1. The number of aryl methyl sites for hydroxylation is 1. The van der Waals surface area contributed by atoms with Gasteiger partial charge in [0.2, 0.25) is 5.91 Å². The Hall–Kier alpha value is -1.63. The van der Waals surface area contributed by atoms with Gasteiger partial charge < -0.3 is 14.4 Å². The van der Waals surface area contributed by atoms with E-state index in [9.17, 15) is 9.59 Å². The predicted octanol–water partition coefficient (Wildman–Crippen LogP) is 0.981. The lowest BCUT2D eigenvalue weighted by Crippen LogP contribution is -3.19. The van der Waals surface area contributed by atoms with Gasteiger partial charge >= 0.3 is 0 Å². The van der Waals surface area contributed by atoms with Crippen LogP contribution in [0.3, 0.4) is 0 Å². The molecule has 3 atom stereocenters. The van der Waals surface area contributed by atoms with E-state index in [1.54, 1.807) is 12.1 Å². The highest BCUT2D eigenvalue weighted by atomic mass is 35.5. The number of imide groups is 1. The number of benzene rings is 1. The van der Waals surface area contributed by atoms with Gasteiger partial charge in [0.1, 0.15) is 31.0 Å². The predicted molar refractivity (Wildman–Crippen MR) is 94.3 cm³/mol. The van der Waals surface area contributed by atoms with Crippen LogP contribution in [-0.2, 0) is 14.3 Å². The maximum atomic E-state index is 13.0. The van der Waals surface area contributed by atoms with Gasteiger partial charge in [-0.3, -0.25) is 9.59 Å². The molecular weight excluding hydrogens is 344 g/mol. The number of carbonyl (C=O) groups excluding carboxylic acids is 2. The highest BCUT2D eigenvalue weighted by Gasteiger charge is 2.48. The third kappa shape index (κ3) is 3.38. The summed E-state index contributed by atoms with van der Waals surface area (Å²) < 4.78 is 11.1. The molecule has 136 valence electrons. The van der Waals surface area contributed by atoms with Crippen LogP contribution in [0, 0.1) is 6.92 Å². The molecule has 0 aromatic heterocycles. The molecule has 2 amide bonds. The fourth-order valence-electron chi connectivity index (χ4n) is 3.79. The van der Waals surface area contributed by atoms with E-state index in [0.717, 1.165) is 23.6 Å². The number of methoxy groups -OCH3 is 1. The van der Waals surface area contributed by atoms with Crippen molar-refractivity contribution in [1.82, 2.24) is 0 Å². The van der Waals surface area contributed by atoms with E-state index in [1.165, 1.54) is 12.0 Å². The standard InChI is InChI=1S/C18H23ClN2O4/c1-10-5-14(16(24-4)6-13(10)19)21-17(22)7-15(18(21)23)20-8-11(2)25-12(3)9-20/h5-6,11-12,15H,7-9H2,1-4H3/p+1/t11-,12-,15+/m1/s1. The molecule has 0 unspecified atom stereocenters. The Morgan fingerprint density at radius 2 is 1.88 bits per heavy atom. The summed E-state index contributed by atoms with van der Waals surface area (Å²) in [5.74, 6) is 0.0484. The quantitative estimate of drug-likeness (QED) is 0.809. The zero-order valence-electron chi connectivity index (χ0n) is 15.0. The first-order valence-electron chi connectivity index (χ1n) is 8.52. The summed E-state index contributed by atoms with van der Waals surface area (Å²) in [4.78, 5) is 28.0. The Balaban J connectivity index is 1.91. The summed E-state index contributed by atoms with van der Waals surface area (Å²) in [7, 11) is 1.50. The van der Waals surface area contributed by atoms with Gasteiger partial charge in [0.15, 0.2) is 6.04 Å². The molecular formula is C18H24ClN2O4+. The SMILES string of the molecule is COc1cc(Cl)c(C)cc1N1C(=O)C[C@H]([NH+]2C[C@@H](C)O[C@H](C)C2)C1=O. The third-order valence-corrected chi connectivity index (χ3v) is 5.31. The summed E-state index contributed by atoms with van der Waals surface area (Å²) >= 11 is 6.14. The number of morpholine rings is 1. The number of nitrogens with one attached hydrogen (secondary N) is 1. The molecule has 2 heterocycles. The van der Waals surface area contributed by atoms with Crippen molar-refractivity contribution in [3.8, 4) is 5.75 Å². The van der Waals surface area contributed by atoms with E-state index in [1.807, 2.05) is 20.8 Å². The number of halogens is 1. The van der Waals surface area contributed by atoms with Crippen LogP contribution in [-0.4, -0.2) is 50.3 Å². The fourth-order valence-corrected chi connectivity index (χ4v) is 3.94. The minimum absolute atomic E-state index is 0.0722. The van der Waals surface area contributed by atoms with Crippen LogP contribution in [0.4, 0.5) is 5.69 Å². The summed E-state index contributed by atoms with van der Waals surface area (Å²) in [5.41, 5.74) is 1.26. The number of rotatable bonds is 3. The smallest absolute Gasteiger partial charge is 0.292 e. The number of amides is 2. The van der Waals surface area contributed by atoms with Crippen LogP contribution in [0.15, 0.2) is 12.1 Å². The van der Waals surface area contributed by atoms with Gasteiger partial charge in [-0.05, 0) is 32.4 Å². The van der Waals surface area contributed by atoms with E-state index in [4.69, 9.17) is 21.1 Å². The molecule has 2 aliphatic heterocycles. The highest BCUT2D eigenvalue weighted by Crippen LogP contribution is 2.36. The van der Waals surface area contributed by atoms with Crippen LogP contribution in [0.1, 0.15) is 25.8 Å². The minimum Gasteiger partial charge on any atom is -0.495 e. The van der Waals surface area contributed by atoms with Crippen molar-refractivity contribution in [2.24, 2.45) is 0 Å². The first-order chi connectivity index (χ1) is 11.8.